The van der Waals surface area contributed by atoms with Crippen LogP contribution in [0.2, 0.25) is 0 Å². The highest BCUT2D eigenvalue weighted by Gasteiger charge is 2.48. The number of carbonyl (C=O) groups is 2. The predicted octanol–water partition coefficient (Wildman–Crippen LogP) is 3.62. The Kier molecular flexibility index (Phi) is 5.66. The summed E-state index contributed by atoms with van der Waals surface area (Å²) in [5.41, 5.74) is 1.40. The molecule has 2 aliphatic carbocycles. The first-order valence-corrected chi connectivity index (χ1v) is 10.6. The second-order valence-electron chi connectivity index (χ2n) is 8.80. The molecule has 1 heterocycles. The van der Waals surface area contributed by atoms with E-state index in [-0.39, 0.29) is 41.5 Å². The summed E-state index contributed by atoms with van der Waals surface area (Å²) in [5.74, 6) is 0.340. The van der Waals surface area contributed by atoms with E-state index in [1.807, 2.05) is 6.07 Å². The number of piperidine rings is 1. The third-order valence-corrected chi connectivity index (χ3v) is 6.88. The van der Waals surface area contributed by atoms with Crippen molar-refractivity contribution in [2.75, 3.05) is 20.2 Å². The summed E-state index contributed by atoms with van der Waals surface area (Å²) in [6.07, 6.45) is 4.15. The van der Waals surface area contributed by atoms with Gasteiger partial charge in [0.2, 0.25) is 0 Å². The summed E-state index contributed by atoms with van der Waals surface area (Å²) in [7, 11) is 1.63. The van der Waals surface area contributed by atoms with Gasteiger partial charge in [0.05, 0.1) is 6.10 Å². The topological polar surface area (TPSA) is 55.4 Å². The number of halogens is 1. The molecule has 5 heteroatoms. The fourth-order valence-electron chi connectivity index (χ4n) is 4.84. The molecule has 4 atom stereocenters. The fourth-order valence-corrected chi connectivity index (χ4v) is 4.84. The van der Waals surface area contributed by atoms with Crippen molar-refractivity contribution >= 4 is 11.6 Å². The minimum absolute atomic E-state index is 0.0462. The molecule has 152 valence electrons. The average Bonchev–Trinajstić information content (AvgIpc) is 3.59. The van der Waals surface area contributed by atoms with E-state index >= 15 is 0 Å². The highest BCUT2D eigenvalue weighted by atomic mass is 19.1. The molecule has 28 heavy (non-hydrogen) atoms. The lowest BCUT2D eigenvalue weighted by atomic mass is 9.70. The number of carbonyl (C=O) groups excluding carboxylic acids is 2. The van der Waals surface area contributed by atoms with Crippen molar-refractivity contribution < 1.29 is 18.7 Å². The standard InChI is InChI=1S/C23H30FNO3/c1-13-16(4-3-5-20(13)24)21(28-2)10-17-18(22(26)14-6-7-14)11-25-12-19(17)23(27)15-8-9-15/h3-5,14-15,17-19,21,25H,6-12H2,1-2H3/t17?,18-,19+,21?. The second kappa shape index (κ2) is 8.03. The maximum absolute atomic E-state index is 14.1. The number of ether oxygens (including phenoxy) is 1. The molecule has 0 radical (unpaired) electrons. The van der Waals surface area contributed by atoms with E-state index in [4.69, 9.17) is 4.74 Å². The Morgan fingerprint density at radius 3 is 2.18 bits per heavy atom. The Labute approximate surface area is 166 Å². The quantitative estimate of drug-likeness (QED) is 0.740. The van der Waals surface area contributed by atoms with Crippen molar-refractivity contribution in [1.82, 2.24) is 5.32 Å². The van der Waals surface area contributed by atoms with Gasteiger partial charge in [-0.3, -0.25) is 9.59 Å². The van der Waals surface area contributed by atoms with E-state index in [1.165, 1.54) is 6.07 Å². The lowest BCUT2D eigenvalue weighted by molar-refractivity contribution is -0.133. The Balaban J connectivity index is 1.62. The van der Waals surface area contributed by atoms with Gasteiger partial charge in [-0.15, -0.1) is 0 Å². The normalized spacial score (nSPS) is 28.8. The van der Waals surface area contributed by atoms with Gasteiger partial charge in [0.15, 0.2) is 0 Å². The molecule has 1 aliphatic heterocycles. The molecular formula is C23H30FNO3. The SMILES string of the molecule is COC(CC1[C@@H](C(=O)C2CC2)CNC[C@H]1C(=O)C1CC1)c1cccc(F)c1C. The highest BCUT2D eigenvalue weighted by molar-refractivity contribution is 5.89. The molecule has 2 unspecified atom stereocenters. The van der Waals surface area contributed by atoms with E-state index < -0.39 is 0 Å². The fraction of sp³-hybridized carbons (Fsp3) is 0.652. The maximum atomic E-state index is 14.1. The van der Waals surface area contributed by atoms with Crippen LogP contribution in [0.15, 0.2) is 18.2 Å². The van der Waals surface area contributed by atoms with Gasteiger partial charge >= 0.3 is 0 Å². The third kappa shape index (κ3) is 3.92. The van der Waals surface area contributed by atoms with Crippen LogP contribution < -0.4 is 5.32 Å². The van der Waals surface area contributed by atoms with Crippen LogP contribution in [0.1, 0.15) is 49.3 Å². The van der Waals surface area contributed by atoms with Crippen molar-refractivity contribution in [3.8, 4) is 0 Å². The number of nitrogens with one attached hydrogen (secondary N) is 1. The molecule has 2 saturated carbocycles. The predicted molar refractivity (Wildman–Crippen MR) is 104 cm³/mol. The Hall–Kier alpha value is -1.59. The number of methoxy groups -OCH3 is 1. The van der Waals surface area contributed by atoms with Gasteiger partial charge in [-0.05, 0) is 62.1 Å². The van der Waals surface area contributed by atoms with Gasteiger partial charge in [0, 0.05) is 43.9 Å². The summed E-state index contributed by atoms with van der Waals surface area (Å²) in [6, 6.07) is 5.05. The summed E-state index contributed by atoms with van der Waals surface area (Å²) in [4.78, 5) is 26.0. The van der Waals surface area contributed by atoms with Crippen molar-refractivity contribution in [2.45, 2.75) is 45.1 Å². The van der Waals surface area contributed by atoms with Crippen LogP contribution in [-0.4, -0.2) is 31.8 Å². The molecule has 0 aromatic heterocycles. The van der Waals surface area contributed by atoms with Crippen LogP contribution >= 0.6 is 0 Å². The van der Waals surface area contributed by atoms with E-state index in [0.717, 1.165) is 31.2 Å². The van der Waals surface area contributed by atoms with E-state index in [0.29, 0.717) is 36.6 Å². The minimum Gasteiger partial charge on any atom is -0.377 e. The summed E-state index contributed by atoms with van der Waals surface area (Å²) < 4.78 is 19.9. The van der Waals surface area contributed by atoms with Gasteiger partial charge in [-0.2, -0.15) is 0 Å². The second-order valence-corrected chi connectivity index (χ2v) is 8.80. The van der Waals surface area contributed by atoms with Gasteiger partial charge in [0.25, 0.3) is 0 Å². The molecule has 3 fully saturated rings. The molecule has 4 rings (SSSR count). The molecule has 1 aromatic carbocycles. The lowest BCUT2D eigenvalue weighted by Gasteiger charge is -2.39. The van der Waals surface area contributed by atoms with Crippen LogP contribution in [0, 0.1) is 42.3 Å². The monoisotopic (exact) mass is 387 g/mol. The average molecular weight is 387 g/mol. The zero-order chi connectivity index (χ0) is 19.8. The molecule has 0 bridgehead atoms. The molecule has 0 amide bonds. The maximum Gasteiger partial charge on any atom is 0.140 e. The minimum atomic E-state index is -0.317. The Morgan fingerprint density at radius 1 is 1.11 bits per heavy atom. The first-order valence-electron chi connectivity index (χ1n) is 10.6. The number of ketones is 2. The van der Waals surface area contributed by atoms with Crippen molar-refractivity contribution in [3.63, 3.8) is 0 Å². The largest absolute Gasteiger partial charge is 0.377 e. The van der Waals surface area contributed by atoms with Crippen LogP contribution in [0.3, 0.4) is 0 Å². The number of benzene rings is 1. The van der Waals surface area contributed by atoms with Gasteiger partial charge in [-0.1, -0.05) is 12.1 Å². The number of Topliss-reactive ketones (excluding diaryl/α,β-unsaturated/α-hetero) is 2. The van der Waals surface area contributed by atoms with Gasteiger partial charge < -0.3 is 10.1 Å². The molecule has 4 nitrogen and oxygen atoms in total. The van der Waals surface area contributed by atoms with Crippen LogP contribution in [0.25, 0.3) is 0 Å². The van der Waals surface area contributed by atoms with E-state index in [9.17, 15) is 14.0 Å². The van der Waals surface area contributed by atoms with E-state index in [1.54, 1.807) is 20.1 Å². The lowest BCUT2D eigenvalue weighted by Crippen LogP contribution is -2.50. The zero-order valence-electron chi connectivity index (χ0n) is 16.7. The summed E-state index contributed by atoms with van der Waals surface area (Å²) in [5, 5.41) is 3.35. The molecule has 1 N–H and O–H groups in total. The third-order valence-electron chi connectivity index (χ3n) is 6.88. The number of hydrogen-bond acceptors (Lipinski definition) is 4. The van der Waals surface area contributed by atoms with Gasteiger partial charge in [0.1, 0.15) is 17.4 Å². The Morgan fingerprint density at radius 2 is 1.68 bits per heavy atom. The first kappa shape index (κ1) is 19.7. The number of hydrogen-bond donors (Lipinski definition) is 1. The smallest absolute Gasteiger partial charge is 0.140 e. The van der Waals surface area contributed by atoms with Crippen LogP contribution in [-0.2, 0) is 14.3 Å². The molecular weight excluding hydrogens is 357 g/mol. The van der Waals surface area contributed by atoms with Crippen molar-refractivity contribution in [3.05, 3.63) is 35.1 Å². The first-order chi connectivity index (χ1) is 13.5. The number of rotatable bonds is 8. The van der Waals surface area contributed by atoms with Crippen LogP contribution in [0.5, 0.6) is 0 Å². The molecule has 1 saturated heterocycles. The molecule has 3 aliphatic rings. The molecule has 1 aromatic rings. The molecule has 0 spiro atoms. The van der Waals surface area contributed by atoms with Crippen LogP contribution in [0.4, 0.5) is 4.39 Å². The van der Waals surface area contributed by atoms with Gasteiger partial charge in [-0.25, -0.2) is 4.39 Å². The van der Waals surface area contributed by atoms with E-state index in [2.05, 4.69) is 5.32 Å². The Bertz CT molecular complexity index is 724. The zero-order valence-corrected chi connectivity index (χ0v) is 16.7. The highest BCUT2D eigenvalue weighted by Crippen LogP contribution is 2.44. The summed E-state index contributed by atoms with van der Waals surface area (Å²) in [6.45, 7) is 3.03. The van der Waals surface area contributed by atoms with Crippen molar-refractivity contribution in [1.29, 1.82) is 0 Å². The summed E-state index contributed by atoms with van der Waals surface area (Å²) >= 11 is 0. The van der Waals surface area contributed by atoms with Crippen molar-refractivity contribution in [2.24, 2.45) is 29.6 Å².